The summed E-state index contributed by atoms with van der Waals surface area (Å²) in [4.78, 5) is 13.0. The van der Waals surface area contributed by atoms with Gasteiger partial charge in [-0.2, -0.15) is 0 Å². The number of anilines is 1. The molecule has 0 saturated carbocycles. The first-order chi connectivity index (χ1) is 16.0. The van der Waals surface area contributed by atoms with E-state index in [1.165, 1.54) is 5.56 Å². The Morgan fingerprint density at radius 1 is 1.00 bits per heavy atom. The molecule has 0 spiro atoms. The van der Waals surface area contributed by atoms with Crippen LogP contribution < -0.4 is 10.1 Å². The third kappa shape index (κ3) is 4.65. The van der Waals surface area contributed by atoms with Crippen molar-refractivity contribution in [1.82, 2.24) is 0 Å². The number of nitrogens with one attached hydrogen (secondary N) is 1. The van der Waals surface area contributed by atoms with Gasteiger partial charge in [-0.3, -0.25) is 4.79 Å². The molecule has 5 heteroatoms. The normalized spacial score (nSPS) is 16.6. The molecule has 33 heavy (non-hydrogen) atoms. The number of benzene rings is 3. The van der Waals surface area contributed by atoms with Crippen LogP contribution in [-0.2, 0) is 16.1 Å². The van der Waals surface area contributed by atoms with E-state index in [2.05, 4.69) is 49.7 Å². The highest BCUT2D eigenvalue weighted by molar-refractivity contribution is 6.09. The summed E-state index contributed by atoms with van der Waals surface area (Å²) in [5, 5.41) is 5.26. The summed E-state index contributed by atoms with van der Waals surface area (Å²) >= 11 is 0. The monoisotopic (exact) mass is 443 g/mol. The molecule has 2 aliphatic heterocycles. The Kier molecular flexibility index (Phi) is 5.92. The first-order valence-corrected chi connectivity index (χ1v) is 11.7. The average molecular weight is 444 g/mol. The summed E-state index contributed by atoms with van der Waals surface area (Å²) in [6, 6.07) is 21.0. The highest BCUT2D eigenvalue weighted by Crippen LogP contribution is 2.33. The predicted octanol–water partition coefficient (Wildman–Crippen LogP) is 5.01. The molecule has 170 valence electrons. The average Bonchev–Trinajstić information content (AvgIpc) is 2.85. The second-order valence-electron chi connectivity index (χ2n) is 9.59. The number of hydrogen-bond donors (Lipinski definition) is 1. The van der Waals surface area contributed by atoms with Crippen LogP contribution in [0.2, 0.25) is 0 Å². The van der Waals surface area contributed by atoms with E-state index in [-0.39, 0.29) is 12.5 Å². The van der Waals surface area contributed by atoms with E-state index in [0.717, 1.165) is 64.9 Å². The van der Waals surface area contributed by atoms with Crippen LogP contribution in [0, 0.1) is 0 Å². The number of amides is 1. The summed E-state index contributed by atoms with van der Waals surface area (Å²) in [5.41, 5.74) is 3.66. The molecule has 0 atom stereocenters. The van der Waals surface area contributed by atoms with Crippen LogP contribution in [0.1, 0.15) is 24.0 Å². The van der Waals surface area contributed by atoms with E-state index >= 15 is 0 Å². The summed E-state index contributed by atoms with van der Waals surface area (Å²) in [7, 11) is 4.59. The van der Waals surface area contributed by atoms with E-state index in [0.29, 0.717) is 11.6 Å². The molecule has 1 N–H and O–H groups in total. The minimum atomic E-state index is -0.125. The van der Waals surface area contributed by atoms with Gasteiger partial charge in [0.15, 0.2) is 0 Å². The Hall–Kier alpha value is -3.15. The molecular weight excluding hydrogens is 412 g/mol. The Labute approximate surface area is 195 Å². The number of carbonyl (C=O) groups excluding carboxylic acids is 1. The minimum Gasteiger partial charge on any atom is -0.488 e. The molecule has 0 aromatic heterocycles. The van der Waals surface area contributed by atoms with Gasteiger partial charge in [0.25, 0.3) is 5.91 Å². The Morgan fingerprint density at radius 3 is 2.55 bits per heavy atom. The molecule has 0 radical (unpaired) electrons. The largest absolute Gasteiger partial charge is 0.488 e. The zero-order chi connectivity index (χ0) is 22.8. The molecule has 0 aliphatic carbocycles. The summed E-state index contributed by atoms with van der Waals surface area (Å²) < 4.78 is 12.4. The second-order valence-corrected chi connectivity index (χ2v) is 9.59. The molecule has 5 rings (SSSR count). The maximum atomic E-state index is 13.0. The van der Waals surface area contributed by atoms with E-state index < -0.39 is 0 Å². The van der Waals surface area contributed by atoms with Gasteiger partial charge in [0.2, 0.25) is 0 Å². The lowest BCUT2D eigenvalue weighted by Crippen LogP contribution is -2.50. The van der Waals surface area contributed by atoms with Crippen LogP contribution >= 0.6 is 0 Å². The van der Waals surface area contributed by atoms with Crippen molar-refractivity contribution in [1.29, 1.82) is 0 Å². The highest BCUT2D eigenvalue weighted by Gasteiger charge is 2.30. The third-order valence-corrected chi connectivity index (χ3v) is 6.91. The zero-order valence-electron chi connectivity index (χ0n) is 19.3. The molecular formula is C28H31N2O3+. The van der Waals surface area contributed by atoms with E-state index in [1.807, 2.05) is 36.4 Å². The number of hydrogen-bond acceptors (Lipinski definition) is 3. The van der Waals surface area contributed by atoms with Crippen molar-refractivity contribution in [3.05, 3.63) is 77.4 Å². The standard InChI is InChI=1S/C28H30N2O3/c1-30(2,24-13-15-32-16-14-24)18-20-7-10-23(11-8-20)29-28(31)22-17-26-25-6-4-3-5-21(25)9-12-27(26)33-19-22/h3-12,17,24H,13-16,18-19H2,1-2H3/p+1. The maximum Gasteiger partial charge on any atom is 0.255 e. The van der Waals surface area contributed by atoms with Crippen LogP contribution in [-0.4, -0.2) is 50.3 Å². The number of fused-ring (bicyclic) bond motifs is 3. The minimum absolute atomic E-state index is 0.125. The lowest BCUT2D eigenvalue weighted by Gasteiger charge is -2.40. The molecule has 3 aromatic carbocycles. The lowest BCUT2D eigenvalue weighted by molar-refractivity contribution is -0.929. The SMILES string of the molecule is C[N+](C)(Cc1ccc(NC(=O)C2=Cc3c(ccc4ccccc34)OC2)cc1)C1CCOCC1. The predicted molar refractivity (Wildman–Crippen MR) is 132 cm³/mol. The van der Waals surface area contributed by atoms with Crippen LogP contribution in [0.4, 0.5) is 5.69 Å². The van der Waals surface area contributed by atoms with Crippen molar-refractivity contribution in [2.75, 3.05) is 39.2 Å². The van der Waals surface area contributed by atoms with Crippen LogP contribution in [0.3, 0.4) is 0 Å². The highest BCUT2D eigenvalue weighted by atomic mass is 16.5. The number of quaternary nitrogens is 1. The van der Waals surface area contributed by atoms with Crippen molar-refractivity contribution in [3.8, 4) is 5.75 Å². The fourth-order valence-corrected chi connectivity index (χ4v) is 4.94. The smallest absolute Gasteiger partial charge is 0.255 e. The summed E-state index contributed by atoms with van der Waals surface area (Å²) in [6.07, 6.45) is 4.17. The topological polar surface area (TPSA) is 47.6 Å². The first-order valence-electron chi connectivity index (χ1n) is 11.7. The molecule has 3 aromatic rings. The number of ether oxygens (including phenoxy) is 2. The van der Waals surface area contributed by atoms with Crippen molar-refractivity contribution in [2.45, 2.75) is 25.4 Å². The number of rotatable bonds is 5. The molecule has 2 heterocycles. The molecule has 5 nitrogen and oxygen atoms in total. The van der Waals surface area contributed by atoms with Gasteiger partial charge in [-0.25, -0.2) is 0 Å². The van der Waals surface area contributed by atoms with Crippen molar-refractivity contribution < 1.29 is 18.8 Å². The summed E-state index contributed by atoms with van der Waals surface area (Å²) in [6.45, 7) is 2.95. The zero-order valence-corrected chi connectivity index (χ0v) is 19.3. The maximum absolute atomic E-state index is 13.0. The number of carbonyl (C=O) groups is 1. The Morgan fingerprint density at radius 2 is 1.76 bits per heavy atom. The van der Waals surface area contributed by atoms with E-state index in [9.17, 15) is 4.79 Å². The van der Waals surface area contributed by atoms with Crippen LogP contribution in [0.5, 0.6) is 5.75 Å². The van der Waals surface area contributed by atoms with Gasteiger partial charge in [0, 0.05) is 29.7 Å². The van der Waals surface area contributed by atoms with Gasteiger partial charge in [-0.1, -0.05) is 42.5 Å². The van der Waals surface area contributed by atoms with Gasteiger partial charge < -0.3 is 19.3 Å². The fraction of sp³-hybridized carbons (Fsp3) is 0.321. The van der Waals surface area contributed by atoms with Crippen molar-refractivity contribution >= 4 is 28.4 Å². The van der Waals surface area contributed by atoms with E-state index in [4.69, 9.17) is 9.47 Å². The second kappa shape index (κ2) is 9.00. The molecule has 1 saturated heterocycles. The molecule has 1 fully saturated rings. The third-order valence-electron chi connectivity index (χ3n) is 6.91. The molecule has 1 amide bonds. The van der Waals surface area contributed by atoms with Crippen LogP contribution in [0.25, 0.3) is 16.8 Å². The fourth-order valence-electron chi connectivity index (χ4n) is 4.94. The van der Waals surface area contributed by atoms with Gasteiger partial charge in [0.05, 0.1) is 38.9 Å². The molecule has 2 aliphatic rings. The summed E-state index contributed by atoms with van der Waals surface area (Å²) in [5.74, 6) is 0.694. The van der Waals surface area contributed by atoms with Gasteiger partial charge in [0.1, 0.15) is 18.9 Å². The van der Waals surface area contributed by atoms with Gasteiger partial charge in [-0.05, 0) is 35.0 Å². The van der Waals surface area contributed by atoms with Crippen LogP contribution in [0.15, 0.2) is 66.2 Å². The van der Waals surface area contributed by atoms with Crippen molar-refractivity contribution in [3.63, 3.8) is 0 Å². The van der Waals surface area contributed by atoms with Gasteiger partial charge in [-0.15, -0.1) is 0 Å². The van der Waals surface area contributed by atoms with Gasteiger partial charge >= 0.3 is 0 Å². The lowest BCUT2D eigenvalue weighted by atomic mass is 9.99. The van der Waals surface area contributed by atoms with E-state index in [1.54, 1.807) is 0 Å². The molecule has 0 bridgehead atoms. The van der Waals surface area contributed by atoms with Crippen molar-refractivity contribution in [2.24, 2.45) is 0 Å². The Bertz CT molecular complexity index is 1190. The number of nitrogens with zero attached hydrogens (tertiary/aromatic N) is 1. The quantitative estimate of drug-likeness (QED) is 0.564. The first kappa shape index (κ1) is 21.7. The molecule has 0 unspecified atom stereocenters. The Balaban J connectivity index is 1.28.